The molecule has 0 aliphatic heterocycles. The Balaban J connectivity index is 1.58. The van der Waals surface area contributed by atoms with Crippen molar-refractivity contribution in [1.82, 2.24) is 0 Å². The van der Waals surface area contributed by atoms with Gasteiger partial charge in [-0.15, -0.1) is 9.24 Å². The Labute approximate surface area is 328 Å². The molecule has 3 aromatic rings. The molecule has 19 heteroatoms. The summed E-state index contributed by atoms with van der Waals surface area (Å²) in [5.41, 5.74) is -9.04. The van der Waals surface area contributed by atoms with Gasteiger partial charge in [0.2, 0.25) is 0 Å². The van der Waals surface area contributed by atoms with Gasteiger partial charge in [0.25, 0.3) is 5.92 Å². The van der Waals surface area contributed by atoms with Crippen LogP contribution < -0.4 is 10.0 Å². The maximum atomic E-state index is 15.0. The molecule has 0 amide bonds. The van der Waals surface area contributed by atoms with Crippen LogP contribution in [0.3, 0.4) is 0 Å². The van der Waals surface area contributed by atoms with Crippen LogP contribution in [0.1, 0.15) is 80.2 Å². The Kier molecular flexibility index (Phi) is 15.9. The Morgan fingerprint density at radius 3 is 1.54 bits per heavy atom. The minimum absolute atomic E-state index is 0.00995. The highest BCUT2D eigenvalue weighted by atomic mass is 31.0. The van der Waals surface area contributed by atoms with Gasteiger partial charge in [0.15, 0.2) is 0 Å². The molecule has 0 radical (unpaired) electrons. The summed E-state index contributed by atoms with van der Waals surface area (Å²) in [5, 5.41) is -0.494. The molecular weight excluding hydrogens is 850 g/mol. The fraction of sp³-hybridized carbons (Fsp3) is 0.300. The molecule has 0 fully saturated rings. The summed E-state index contributed by atoms with van der Waals surface area (Å²) in [6, 6.07) is 2.38. The molecule has 0 bridgehead atoms. The van der Waals surface area contributed by atoms with E-state index in [1.54, 1.807) is 9.24 Å². The minimum atomic E-state index is -5.50. The number of rotatable bonds is 12. The average molecular weight is 879 g/mol. The predicted octanol–water partition coefficient (Wildman–Crippen LogP) is 13.5. The number of hydrogen-bond acceptors (Lipinski definition) is 1. The number of unbranched alkanes of at least 4 members (excludes halogenated alkanes) is 4. The predicted molar refractivity (Wildman–Crippen MR) is 186 cm³/mol. The van der Waals surface area contributed by atoms with Crippen LogP contribution in [0.25, 0.3) is 0 Å². The lowest BCUT2D eigenvalue weighted by atomic mass is 9.97. The van der Waals surface area contributed by atoms with E-state index in [2.05, 4.69) is 28.4 Å². The monoisotopic (exact) mass is 878 g/mol. The highest BCUT2D eigenvalue weighted by Gasteiger charge is 2.43. The fourth-order valence-electron chi connectivity index (χ4n) is 5.32. The van der Waals surface area contributed by atoms with E-state index >= 15 is 0 Å². The summed E-state index contributed by atoms with van der Waals surface area (Å²) in [6.45, 7) is 1.35. The first-order valence-electron chi connectivity index (χ1n) is 16.7. The van der Waals surface area contributed by atoms with Crippen molar-refractivity contribution in [3.05, 3.63) is 128 Å². The van der Waals surface area contributed by atoms with Crippen LogP contribution in [0.5, 0.6) is 5.75 Å². The lowest BCUT2D eigenvalue weighted by Gasteiger charge is -2.21. The van der Waals surface area contributed by atoms with Crippen LogP contribution in [0.4, 0.5) is 74.6 Å². The Hall–Kier alpha value is -4.96. The smallest absolute Gasteiger partial charge is 0.429 e. The molecule has 0 spiro atoms. The molecule has 318 valence electrons. The zero-order valence-corrected chi connectivity index (χ0v) is 31.4. The van der Waals surface area contributed by atoms with Crippen LogP contribution in [-0.2, 0) is 18.2 Å². The van der Waals surface area contributed by atoms with Gasteiger partial charge in [0.1, 0.15) is 63.2 Å². The highest BCUT2D eigenvalue weighted by molar-refractivity contribution is 7.27. The second kappa shape index (κ2) is 19.4. The van der Waals surface area contributed by atoms with E-state index in [0.717, 1.165) is 19.1 Å². The molecule has 0 saturated heterocycles. The van der Waals surface area contributed by atoms with E-state index in [4.69, 9.17) is 0 Å². The first-order chi connectivity index (χ1) is 27.2. The van der Waals surface area contributed by atoms with Crippen molar-refractivity contribution in [3.63, 3.8) is 0 Å². The van der Waals surface area contributed by atoms with Gasteiger partial charge in [0.05, 0.1) is 5.56 Å². The van der Waals surface area contributed by atoms with Crippen molar-refractivity contribution >= 4 is 14.5 Å². The van der Waals surface area contributed by atoms with E-state index in [-0.39, 0.29) is 42.2 Å². The molecule has 0 aliphatic rings. The van der Waals surface area contributed by atoms with Gasteiger partial charge < -0.3 is 4.74 Å². The number of halogens is 17. The molecule has 0 N–H and O–H groups in total. The van der Waals surface area contributed by atoms with Crippen LogP contribution in [0.2, 0.25) is 0 Å². The standard InChI is InChI=1S/C40H28F17OP/c1-3-22(13-26(42)33(21(2)41)38(50,51)52)20-37(48,49)34-27(43)14-23(15-28(34)44)11-9-7-5-4-6-8-10-12-24-16-29(45)36(32(59)17-24)40(56,57)58-25-18-30(46)35(31(47)19-25)39(53,54)55/h3,13-19H,4-8,20,59H2,1-2H3/b22-3+,26-13+,33-21-. The highest BCUT2D eigenvalue weighted by Crippen LogP contribution is 2.42. The van der Waals surface area contributed by atoms with Gasteiger partial charge in [-0.1, -0.05) is 36.2 Å². The normalized spacial score (nSPS) is 13.4. The van der Waals surface area contributed by atoms with Gasteiger partial charge >= 0.3 is 18.5 Å². The summed E-state index contributed by atoms with van der Waals surface area (Å²) in [6.07, 6.45) is -14.7. The third kappa shape index (κ3) is 13.0. The molecule has 3 aromatic carbocycles. The maximum Gasteiger partial charge on any atom is 0.430 e. The molecule has 0 heterocycles. The van der Waals surface area contributed by atoms with Crippen molar-refractivity contribution in [1.29, 1.82) is 0 Å². The molecule has 1 atom stereocenters. The summed E-state index contributed by atoms with van der Waals surface area (Å²) >= 11 is 0. The van der Waals surface area contributed by atoms with E-state index in [1.807, 2.05) is 0 Å². The van der Waals surface area contributed by atoms with E-state index < -0.39 is 110 Å². The van der Waals surface area contributed by atoms with Crippen LogP contribution in [-0.4, -0.2) is 6.18 Å². The largest absolute Gasteiger partial charge is 0.430 e. The maximum absolute atomic E-state index is 15.0. The van der Waals surface area contributed by atoms with Gasteiger partial charge in [-0.2, -0.15) is 35.1 Å². The Morgan fingerprint density at radius 2 is 1.12 bits per heavy atom. The number of ether oxygens (including phenoxy) is 1. The molecule has 0 aliphatic carbocycles. The Bertz CT molecular complexity index is 2190. The van der Waals surface area contributed by atoms with Gasteiger partial charge in [-0.3, -0.25) is 0 Å². The topological polar surface area (TPSA) is 9.23 Å². The molecule has 3 rings (SSSR count). The van der Waals surface area contributed by atoms with Gasteiger partial charge in [-0.25, -0.2) is 39.5 Å². The van der Waals surface area contributed by atoms with Crippen molar-refractivity contribution in [2.75, 3.05) is 0 Å². The lowest BCUT2D eigenvalue weighted by Crippen LogP contribution is -2.29. The van der Waals surface area contributed by atoms with Crippen LogP contribution in [0, 0.1) is 52.8 Å². The first-order valence-corrected chi connectivity index (χ1v) is 17.3. The van der Waals surface area contributed by atoms with E-state index in [1.165, 1.54) is 0 Å². The van der Waals surface area contributed by atoms with Crippen LogP contribution in [0.15, 0.2) is 71.4 Å². The van der Waals surface area contributed by atoms with Crippen molar-refractivity contribution in [2.24, 2.45) is 0 Å². The van der Waals surface area contributed by atoms with Gasteiger partial charge in [0, 0.05) is 42.5 Å². The second-order valence-corrected chi connectivity index (χ2v) is 13.0. The molecular formula is C40H28F17OP. The van der Waals surface area contributed by atoms with Crippen molar-refractivity contribution < 1.29 is 79.4 Å². The minimum Gasteiger partial charge on any atom is -0.429 e. The summed E-state index contributed by atoms with van der Waals surface area (Å²) in [4.78, 5) is 0. The zero-order chi connectivity index (χ0) is 44.7. The quantitative estimate of drug-likeness (QED) is 0.0579. The molecule has 1 unspecified atom stereocenters. The molecule has 0 saturated carbocycles. The second-order valence-electron chi connectivity index (χ2n) is 12.4. The number of alkyl halides is 10. The molecule has 59 heavy (non-hydrogen) atoms. The van der Waals surface area contributed by atoms with E-state index in [9.17, 15) is 74.6 Å². The third-order valence-electron chi connectivity index (χ3n) is 7.91. The number of hydrogen-bond donors (Lipinski definition) is 0. The fourth-order valence-corrected chi connectivity index (χ4v) is 5.81. The molecule has 1 nitrogen and oxygen atoms in total. The zero-order valence-electron chi connectivity index (χ0n) is 30.3. The summed E-state index contributed by atoms with van der Waals surface area (Å²) < 4.78 is 240. The number of allylic oxidation sites excluding steroid dienone is 6. The average Bonchev–Trinajstić information content (AvgIpc) is 3.04. The van der Waals surface area contributed by atoms with E-state index in [0.29, 0.717) is 44.4 Å². The number of benzene rings is 3. The van der Waals surface area contributed by atoms with Gasteiger partial charge in [-0.05, 0) is 67.9 Å². The summed E-state index contributed by atoms with van der Waals surface area (Å²) in [5.74, 6) is -9.21. The Morgan fingerprint density at radius 1 is 0.661 bits per heavy atom. The molecule has 0 aromatic heterocycles. The lowest BCUT2D eigenvalue weighted by molar-refractivity contribution is -0.186. The van der Waals surface area contributed by atoms with Crippen molar-refractivity contribution in [3.8, 4) is 29.4 Å². The summed E-state index contributed by atoms with van der Waals surface area (Å²) in [7, 11) is 1.79. The SMILES string of the molecule is C\C=C(/C=C(F)\C(=C(/C)F)C(F)(F)F)CC(F)(F)c1c(F)cc(C#CCCCCCC#Cc2cc(F)c(C(F)(F)Oc3cc(F)c(C(F)(F)F)c(F)c3)c(P)c2)cc1F. The first kappa shape index (κ1) is 48.4. The van der Waals surface area contributed by atoms with Crippen LogP contribution >= 0.6 is 9.24 Å². The van der Waals surface area contributed by atoms with Crippen molar-refractivity contribution in [2.45, 2.75) is 76.8 Å². The third-order valence-corrected chi connectivity index (χ3v) is 8.36.